The maximum atomic E-state index is 14.4. The highest BCUT2D eigenvalue weighted by Gasteiger charge is 2.25. The molecule has 0 aliphatic carbocycles. The summed E-state index contributed by atoms with van der Waals surface area (Å²) in [6, 6.07) is 31.0. The van der Waals surface area contributed by atoms with E-state index in [4.69, 9.17) is 0 Å². The van der Waals surface area contributed by atoms with Crippen LogP contribution in [0, 0.1) is 15.9 Å². The van der Waals surface area contributed by atoms with E-state index in [9.17, 15) is 19.3 Å². The lowest BCUT2D eigenvalue weighted by atomic mass is 9.87. The number of nitrogens with one attached hydrogen (secondary N) is 1. The minimum Gasteiger partial charge on any atom is -0.354 e. The zero-order valence-corrected chi connectivity index (χ0v) is 22.9. The predicted molar refractivity (Wildman–Crippen MR) is 159 cm³/mol. The molecule has 0 radical (unpaired) electrons. The SMILES string of the molecule is CC(CCc1ccccc1)NC(=O)CC(c1cccc(F)c1)c1cn(Cc2ccccc2)c2ccc([N+](=O)[O-])cc12. The number of nitrogens with zero attached hydrogens (tertiary/aromatic N) is 2. The fourth-order valence-electron chi connectivity index (χ4n) is 5.36. The van der Waals surface area contributed by atoms with Gasteiger partial charge in [0.05, 0.1) is 4.92 Å². The Kier molecular flexibility index (Phi) is 8.53. The molecule has 1 amide bonds. The lowest BCUT2D eigenvalue weighted by Crippen LogP contribution is -2.33. The van der Waals surface area contributed by atoms with Gasteiger partial charge in [-0.15, -0.1) is 0 Å². The van der Waals surface area contributed by atoms with Crippen molar-refractivity contribution in [3.05, 3.63) is 148 Å². The number of aromatic nitrogens is 1. The van der Waals surface area contributed by atoms with Crippen molar-refractivity contribution in [1.29, 1.82) is 0 Å². The molecule has 2 atom stereocenters. The molecule has 1 heterocycles. The average Bonchev–Trinajstić information content (AvgIpc) is 3.33. The van der Waals surface area contributed by atoms with Gasteiger partial charge in [-0.1, -0.05) is 72.8 Å². The number of rotatable bonds is 11. The fraction of sp³-hybridized carbons (Fsp3) is 0.206. The highest BCUT2D eigenvalue weighted by Crippen LogP contribution is 2.37. The molecule has 208 valence electrons. The lowest BCUT2D eigenvalue weighted by Gasteiger charge is -2.20. The van der Waals surface area contributed by atoms with E-state index in [2.05, 4.69) is 17.4 Å². The van der Waals surface area contributed by atoms with E-state index in [0.29, 0.717) is 17.5 Å². The largest absolute Gasteiger partial charge is 0.354 e. The van der Waals surface area contributed by atoms with Crippen molar-refractivity contribution in [2.45, 2.75) is 44.7 Å². The summed E-state index contributed by atoms with van der Waals surface area (Å²) in [6.07, 6.45) is 3.64. The third-order valence-corrected chi connectivity index (χ3v) is 7.43. The molecule has 2 unspecified atom stereocenters. The Morgan fingerprint density at radius 2 is 1.63 bits per heavy atom. The molecule has 41 heavy (non-hydrogen) atoms. The third kappa shape index (κ3) is 6.87. The summed E-state index contributed by atoms with van der Waals surface area (Å²) >= 11 is 0. The van der Waals surface area contributed by atoms with E-state index in [0.717, 1.165) is 29.5 Å². The molecular weight excluding hydrogens is 517 g/mol. The van der Waals surface area contributed by atoms with Crippen LogP contribution in [0.3, 0.4) is 0 Å². The first-order chi connectivity index (χ1) is 19.9. The molecular formula is C34H32FN3O3. The number of amides is 1. The van der Waals surface area contributed by atoms with Crippen molar-refractivity contribution in [2.24, 2.45) is 0 Å². The number of carbonyl (C=O) groups excluding carboxylic acids is 1. The number of benzene rings is 4. The van der Waals surface area contributed by atoms with Crippen LogP contribution in [-0.4, -0.2) is 21.4 Å². The summed E-state index contributed by atoms with van der Waals surface area (Å²) < 4.78 is 16.5. The van der Waals surface area contributed by atoms with Crippen LogP contribution in [0.25, 0.3) is 10.9 Å². The third-order valence-electron chi connectivity index (χ3n) is 7.43. The number of halogens is 1. The number of hydrogen-bond donors (Lipinski definition) is 1. The lowest BCUT2D eigenvalue weighted by molar-refractivity contribution is -0.384. The van der Waals surface area contributed by atoms with Crippen LogP contribution in [0.15, 0.2) is 109 Å². The van der Waals surface area contributed by atoms with Gasteiger partial charge in [0.2, 0.25) is 5.91 Å². The minimum atomic E-state index is -0.506. The van der Waals surface area contributed by atoms with E-state index in [-0.39, 0.29) is 24.1 Å². The molecule has 5 rings (SSSR count). The standard InChI is InChI=1S/C34H32FN3O3/c1-24(15-16-25-9-4-2-5-10-25)36-34(39)21-30(27-13-8-14-28(35)19-27)32-23-37(22-26-11-6-3-7-12-26)33-18-17-29(38(40)41)20-31(32)33/h2-14,17-20,23-24,30H,15-16,21-22H2,1H3,(H,36,39). The van der Waals surface area contributed by atoms with E-state index in [1.54, 1.807) is 24.3 Å². The van der Waals surface area contributed by atoms with Crippen molar-refractivity contribution >= 4 is 22.5 Å². The molecule has 0 aliphatic rings. The number of carbonyl (C=O) groups is 1. The van der Waals surface area contributed by atoms with Gasteiger partial charge in [-0.3, -0.25) is 14.9 Å². The monoisotopic (exact) mass is 549 g/mol. The smallest absolute Gasteiger partial charge is 0.270 e. The second-order valence-corrected chi connectivity index (χ2v) is 10.5. The quantitative estimate of drug-likeness (QED) is 0.138. The number of aryl methyl sites for hydroxylation is 1. The summed E-state index contributed by atoms with van der Waals surface area (Å²) in [4.78, 5) is 24.7. The van der Waals surface area contributed by atoms with Crippen LogP contribution >= 0.6 is 0 Å². The molecule has 0 spiro atoms. The van der Waals surface area contributed by atoms with E-state index >= 15 is 0 Å². The Morgan fingerprint density at radius 3 is 2.32 bits per heavy atom. The van der Waals surface area contributed by atoms with Crippen molar-refractivity contribution in [3.8, 4) is 0 Å². The Labute approximate surface area is 238 Å². The molecule has 6 nitrogen and oxygen atoms in total. The van der Waals surface area contributed by atoms with Gasteiger partial charge in [-0.05, 0) is 60.2 Å². The van der Waals surface area contributed by atoms with Gasteiger partial charge in [-0.2, -0.15) is 0 Å². The summed E-state index contributed by atoms with van der Waals surface area (Å²) in [6.45, 7) is 2.53. The van der Waals surface area contributed by atoms with Gasteiger partial charge in [0.25, 0.3) is 5.69 Å². The number of nitro groups is 1. The zero-order chi connectivity index (χ0) is 28.8. The van der Waals surface area contributed by atoms with Gasteiger partial charge in [0.15, 0.2) is 0 Å². The number of hydrogen-bond acceptors (Lipinski definition) is 3. The molecule has 0 bridgehead atoms. The second kappa shape index (κ2) is 12.6. The van der Waals surface area contributed by atoms with Crippen molar-refractivity contribution < 1.29 is 14.1 Å². The van der Waals surface area contributed by atoms with Crippen LogP contribution in [-0.2, 0) is 17.8 Å². The van der Waals surface area contributed by atoms with Crippen LogP contribution in [0.2, 0.25) is 0 Å². The first-order valence-electron chi connectivity index (χ1n) is 13.8. The molecule has 5 aromatic rings. The Hall–Kier alpha value is -4.78. The molecule has 4 aromatic carbocycles. The molecule has 1 aromatic heterocycles. The van der Waals surface area contributed by atoms with E-state index < -0.39 is 16.7 Å². The zero-order valence-electron chi connectivity index (χ0n) is 22.9. The molecule has 0 saturated carbocycles. The van der Waals surface area contributed by atoms with Gasteiger partial charge in [0, 0.05) is 54.2 Å². The molecule has 0 fully saturated rings. The van der Waals surface area contributed by atoms with Gasteiger partial charge in [-0.25, -0.2) is 4.39 Å². The van der Waals surface area contributed by atoms with Crippen LogP contribution in [0.4, 0.5) is 10.1 Å². The fourth-order valence-corrected chi connectivity index (χ4v) is 5.36. The van der Waals surface area contributed by atoms with Gasteiger partial charge < -0.3 is 9.88 Å². The van der Waals surface area contributed by atoms with Crippen LogP contribution in [0.5, 0.6) is 0 Å². The van der Waals surface area contributed by atoms with Crippen LogP contribution in [0.1, 0.15) is 47.9 Å². The molecule has 0 saturated heterocycles. The summed E-state index contributed by atoms with van der Waals surface area (Å²) in [7, 11) is 0. The minimum absolute atomic E-state index is 0.0341. The normalized spacial score (nSPS) is 12.6. The first kappa shape index (κ1) is 27.8. The van der Waals surface area contributed by atoms with Gasteiger partial charge >= 0.3 is 0 Å². The molecule has 7 heteroatoms. The van der Waals surface area contributed by atoms with Gasteiger partial charge in [0.1, 0.15) is 5.82 Å². The predicted octanol–water partition coefficient (Wildman–Crippen LogP) is 7.40. The van der Waals surface area contributed by atoms with Crippen molar-refractivity contribution in [1.82, 2.24) is 9.88 Å². The molecule has 1 N–H and O–H groups in total. The summed E-state index contributed by atoms with van der Waals surface area (Å²) in [5.74, 6) is -1.06. The van der Waals surface area contributed by atoms with Crippen LogP contribution < -0.4 is 5.32 Å². The first-order valence-corrected chi connectivity index (χ1v) is 13.8. The Morgan fingerprint density at radius 1 is 0.927 bits per heavy atom. The number of fused-ring (bicyclic) bond motifs is 1. The van der Waals surface area contributed by atoms with Crippen molar-refractivity contribution in [2.75, 3.05) is 0 Å². The Balaban J connectivity index is 1.48. The highest BCUT2D eigenvalue weighted by molar-refractivity contribution is 5.88. The number of nitro benzene ring substituents is 1. The van der Waals surface area contributed by atoms with E-state index in [1.807, 2.05) is 66.2 Å². The number of non-ortho nitro benzene ring substituents is 1. The van der Waals surface area contributed by atoms with Crippen molar-refractivity contribution in [3.63, 3.8) is 0 Å². The average molecular weight is 550 g/mol. The van der Waals surface area contributed by atoms with E-state index in [1.165, 1.54) is 23.8 Å². The summed E-state index contributed by atoms with van der Waals surface area (Å²) in [5.41, 5.74) is 4.45. The maximum Gasteiger partial charge on any atom is 0.270 e. The molecule has 0 aliphatic heterocycles. The highest BCUT2D eigenvalue weighted by atomic mass is 19.1. The second-order valence-electron chi connectivity index (χ2n) is 10.5. The maximum absolute atomic E-state index is 14.4. The topological polar surface area (TPSA) is 77.2 Å². The Bertz CT molecular complexity index is 1650. The summed E-state index contributed by atoms with van der Waals surface area (Å²) in [5, 5.41) is 15.5.